The molecule has 0 heterocycles. The van der Waals surface area contributed by atoms with Gasteiger partial charge in [0, 0.05) is 6.33 Å². The summed E-state index contributed by atoms with van der Waals surface area (Å²) in [5.74, 6) is 2.67. The molecule has 0 spiro atoms. The number of hydrogen-bond donors (Lipinski definition) is 0. The van der Waals surface area contributed by atoms with E-state index in [0.717, 1.165) is 0 Å². The van der Waals surface area contributed by atoms with Crippen molar-refractivity contribution in [3.05, 3.63) is 30.3 Å². The first kappa shape index (κ1) is 19.4. The highest BCUT2D eigenvalue weighted by Gasteiger charge is 2.11. The van der Waals surface area contributed by atoms with Gasteiger partial charge in [-0.05, 0) is 29.7 Å². The van der Waals surface area contributed by atoms with E-state index in [4.69, 9.17) is 0 Å². The number of rotatable bonds is 13. The molecule has 0 aliphatic rings. The van der Waals surface area contributed by atoms with Crippen LogP contribution in [-0.2, 0) is 0 Å². The minimum atomic E-state index is -0.0642. The van der Waals surface area contributed by atoms with E-state index in [0.29, 0.717) is 0 Å². The van der Waals surface area contributed by atoms with Crippen molar-refractivity contribution in [3.8, 4) is 0 Å². The zero-order chi connectivity index (χ0) is 15.2. The van der Waals surface area contributed by atoms with Gasteiger partial charge in [0.1, 0.15) is 0 Å². The third kappa shape index (κ3) is 9.87. The Balaban J connectivity index is 2.32. The maximum atomic E-state index is 2.32. The van der Waals surface area contributed by atoms with E-state index >= 15 is 0 Å². The van der Waals surface area contributed by atoms with Crippen LogP contribution in [-0.4, -0.2) is 11.5 Å². The van der Waals surface area contributed by atoms with Gasteiger partial charge in [0.05, 0.1) is 0 Å². The van der Waals surface area contributed by atoms with Crippen LogP contribution in [0.25, 0.3) is 0 Å². The number of benzene rings is 1. The lowest BCUT2D eigenvalue weighted by molar-refractivity contribution is 0.707. The lowest BCUT2D eigenvalue weighted by Crippen LogP contribution is -1.96. The normalized spacial score (nSPS) is 11.2. The molecule has 1 aromatic rings. The van der Waals surface area contributed by atoms with E-state index in [1.165, 1.54) is 62.9 Å². The zero-order valence-corrected chi connectivity index (χ0v) is 16.2. The molecule has 0 amide bonds. The fourth-order valence-electron chi connectivity index (χ4n) is 2.09. The van der Waals surface area contributed by atoms with Gasteiger partial charge in [0.25, 0.3) is 0 Å². The predicted molar refractivity (Wildman–Crippen MR) is 106 cm³/mol. The molecule has 0 bridgehead atoms. The standard InChI is InChI=1S/C18H31PS2/c1-3-5-7-12-16-20-19(18-14-10-9-11-15-18)21-17-13-8-6-4-2/h9-11,14-15H,3-8,12-13,16-17H2,1-2H3. The van der Waals surface area contributed by atoms with Crippen LogP contribution in [0.2, 0.25) is 0 Å². The molecule has 120 valence electrons. The van der Waals surface area contributed by atoms with Gasteiger partial charge in [-0.25, -0.2) is 0 Å². The fourth-order valence-corrected chi connectivity index (χ4v) is 9.51. The van der Waals surface area contributed by atoms with Crippen molar-refractivity contribution in [3.63, 3.8) is 0 Å². The van der Waals surface area contributed by atoms with Crippen LogP contribution < -0.4 is 5.30 Å². The largest absolute Gasteiger partial charge is 0.118 e. The molecule has 0 nitrogen and oxygen atoms in total. The fraction of sp³-hybridized carbons (Fsp3) is 0.667. The Morgan fingerprint density at radius 2 is 1.24 bits per heavy atom. The molecule has 0 radical (unpaired) electrons. The average Bonchev–Trinajstić information content (AvgIpc) is 2.53. The molecule has 0 saturated heterocycles. The van der Waals surface area contributed by atoms with Crippen molar-refractivity contribution in [1.29, 1.82) is 0 Å². The van der Waals surface area contributed by atoms with Crippen LogP contribution in [0.5, 0.6) is 0 Å². The first-order chi connectivity index (χ1) is 10.4. The van der Waals surface area contributed by atoms with Gasteiger partial charge in [-0.3, -0.25) is 0 Å². The van der Waals surface area contributed by atoms with Crippen LogP contribution in [0, 0.1) is 0 Å². The van der Waals surface area contributed by atoms with Gasteiger partial charge < -0.3 is 0 Å². The summed E-state index contributed by atoms with van der Waals surface area (Å²) in [4.78, 5) is 0. The van der Waals surface area contributed by atoms with Gasteiger partial charge in [0.15, 0.2) is 0 Å². The Bertz CT molecular complexity index is 315. The molecule has 0 N–H and O–H groups in total. The molecular formula is C18H31PS2. The highest BCUT2D eigenvalue weighted by atomic mass is 33.1. The smallest absolute Gasteiger partial charge is 0.0437 e. The summed E-state index contributed by atoms with van der Waals surface area (Å²) in [5.41, 5.74) is 0. The Morgan fingerprint density at radius 1 is 0.714 bits per heavy atom. The molecule has 0 aromatic heterocycles. The molecule has 0 fully saturated rings. The van der Waals surface area contributed by atoms with Crippen molar-refractivity contribution in [2.45, 2.75) is 65.2 Å². The molecule has 1 aromatic carbocycles. The molecule has 0 unspecified atom stereocenters. The molecule has 0 atom stereocenters. The van der Waals surface area contributed by atoms with Gasteiger partial charge in [-0.1, -0.05) is 82.7 Å². The van der Waals surface area contributed by atoms with Crippen molar-refractivity contribution < 1.29 is 0 Å². The molecule has 1 rings (SSSR count). The Morgan fingerprint density at radius 3 is 1.71 bits per heavy atom. The second kappa shape index (κ2) is 14.0. The molecule has 21 heavy (non-hydrogen) atoms. The lowest BCUT2D eigenvalue weighted by Gasteiger charge is -2.16. The quantitative estimate of drug-likeness (QED) is 0.273. The van der Waals surface area contributed by atoms with Crippen molar-refractivity contribution in [1.82, 2.24) is 0 Å². The second-order valence-electron chi connectivity index (χ2n) is 5.38. The predicted octanol–water partition coefficient (Wildman–Crippen LogP) is 7.25. The summed E-state index contributed by atoms with van der Waals surface area (Å²) < 4.78 is 0. The molecular weight excluding hydrogens is 311 g/mol. The summed E-state index contributed by atoms with van der Waals surface area (Å²) in [7, 11) is 0. The molecule has 3 heteroatoms. The van der Waals surface area contributed by atoms with Crippen LogP contribution in [0.4, 0.5) is 0 Å². The maximum Gasteiger partial charge on any atom is 0.0437 e. The van der Waals surface area contributed by atoms with E-state index < -0.39 is 0 Å². The second-order valence-corrected chi connectivity index (χ2v) is 12.2. The van der Waals surface area contributed by atoms with E-state index in [2.05, 4.69) is 66.9 Å². The maximum absolute atomic E-state index is 2.32. The third-order valence-corrected chi connectivity index (χ3v) is 11.2. The average molecular weight is 343 g/mol. The van der Waals surface area contributed by atoms with Crippen molar-refractivity contribution >= 4 is 34.4 Å². The topological polar surface area (TPSA) is 0 Å². The van der Waals surface area contributed by atoms with Crippen LogP contribution >= 0.6 is 29.1 Å². The third-order valence-electron chi connectivity index (χ3n) is 3.38. The molecule has 0 aliphatic carbocycles. The lowest BCUT2D eigenvalue weighted by atomic mass is 10.2. The van der Waals surface area contributed by atoms with E-state index in [1.807, 2.05) is 0 Å². The highest BCUT2D eigenvalue weighted by molar-refractivity contribution is 8.90. The summed E-state index contributed by atoms with van der Waals surface area (Å²) in [6.45, 7) is 4.58. The minimum Gasteiger partial charge on any atom is -0.118 e. The van der Waals surface area contributed by atoms with Gasteiger partial charge >= 0.3 is 0 Å². The molecule has 0 saturated carbocycles. The van der Waals surface area contributed by atoms with Crippen molar-refractivity contribution in [2.75, 3.05) is 11.5 Å². The van der Waals surface area contributed by atoms with Crippen LogP contribution in [0.15, 0.2) is 30.3 Å². The number of hydrogen-bond acceptors (Lipinski definition) is 2. The SMILES string of the molecule is CCCCCCSP(SCCCCCC)c1ccccc1. The Hall–Kier alpha value is 0.350. The van der Waals surface area contributed by atoms with Crippen LogP contribution in [0.3, 0.4) is 0 Å². The Kier molecular flexibility index (Phi) is 12.9. The Labute approximate surface area is 141 Å². The van der Waals surface area contributed by atoms with E-state index in [-0.39, 0.29) is 6.33 Å². The summed E-state index contributed by atoms with van der Waals surface area (Å²) >= 11 is 4.43. The van der Waals surface area contributed by atoms with Gasteiger partial charge in [0.2, 0.25) is 0 Å². The zero-order valence-electron chi connectivity index (χ0n) is 13.7. The number of unbranched alkanes of at least 4 members (excludes halogenated alkanes) is 6. The summed E-state index contributed by atoms with van der Waals surface area (Å²) in [5, 5.41) is 1.56. The van der Waals surface area contributed by atoms with Crippen LogP contribution in [0.1, 0.15) is 65.2 Å². The van der Waals surface area contributed by atoms with E-state index in [1.54, 1.807) is 5.30 Å². The van der Waals surface area contributed by atoms with Crippen molar-refractivity contribution in [2.24, 2.45) is 0 Å². The van der Waals surface area contributed by atoms with Gasteiger partial charge in [-0.15, -0.1) is 22.8 Å². The molecule has 0 aliphatic heterocycles. The monoisotopic (exact) mass is 342 g/mol. The van der Waals surface area contributed by atoms with E-state index in [9.17, 15) is 0 Å². The minimum absolute atomic E-state index is 0.0642. The summed E-state index contributed by atoms with van der Waals surface area (Å²) in [6.07, 6.45) is 11.0. The highest BCUT2D eigenvalue weighted by Crippen LogP contribution is 2.60. The first-order valence-electron chi connectivity index (χ1n) is 8.49. The summed E-state index contributed by atoms with van der Waals surface area (Å²) in [6, 6.07) is 11.2. The van der Waals surface area contributed by atoms with Gasteiger partial charge in [-0.2, -0.15) is 0 Å². The first-order valence-corrected chi connectivity index (χ1v) is 13.0.